The fourth-order valence-corrected chi connectivity index (χ4v) is 3.17. The summed E-state index contributed by atoms with van der Waals surface area (Å²) in [7, 11) is 0. The molecule has 21 heavy (non-hydrogen) atoms. The van der Waals surface area contributed by atoms with Gasteiger partial charge in [-0.3, -0.25) is 0 Å². The van der Waals surface area contributed by atoms with Crippen molar-refractivity contribution in [3.8, 4) is 0 Å². The van der Waals surface area contributed by atoms with Crippen LogP contribution in [0.15, 0.2) is 0 Å². The van der Waals surface area contributed by atoms with E-state index in [4.69, 9.17) is 0 Å². The molecule has 1 saturated carbocycles. The van der Waals surface area contributed by atoms with Crippen LogP contribution in [-0.4, -0.2) is 22.6 Å². The highest BCUT2D eigenvalue weighted by molar-refractivity contribution is 5.57. The molecule has 1 aromatic heterocycles. The van der Waals surface area contributed by atoms with Crippen LogP contribution in [0.25, 0.3) is 0 Å². The number of aryl methyl sites for hydroxylation is 1. The molecule has 4 heteroatoms. The molecule has 0 aromatic carbocycles. The molecule has 1 heterocycles. The maximum Gasteiger partial charge on any atom is 0.134 e. The van der Waals surface area contributed by atoms with E-state index in [1.54, 1.807) is 0 Å². The van der Waals surface area contributed by atoms with E-state index in [1.807, 2.05) is 6.92 Å². The van der Waals surface area contributed by atoms with E-state index < -0.39 is 0 Å². The van der Waals surface area contributed by atoms with Crippen LogP contribution in [-0.2, 0) is 0 Å². The summed E-state index contributed by atoms with van der Waals surface area (Å²) in [6.45, 7) is 9.51. The van der Waals surface area contributed by atoms with Crippen molar-refractivity contribution in [2.24, 2.45) is 5.92 Å². The predicted octanol–water partition coefficient (Wildman–Crippen LogP) is 4.30. The molecule has 0 amide bonds. The molecular formula is C17H30N4. The SMILES string of the molecule is CCCNc1nc(C)nc(NC2CCCC(CC)C2)c1C. The average Bonchev–Trinajstić information content (AvgIpc) is 2.49. The van der Waals surface area contributed by atoms with E-state index in [-0.39, 0.29) is 0 Å². The van der Waals surface area contributed by atoms with Gasteiger partial charge in [0.15, 0.2) is 0 Å². The lowest BCUT2D eigenvalue weighted by atomic mass is 9.84. The molecule has 2 rings (SSSR count). The van der Waals surface area contributed by atoms with Crippen LogP contribution >= 0.6 is 0 Å². The van der Waals surface area contributed by atoms with Gasteiger partial charge < -0.3 is 10.6 Å². The molecule has 0 spiro atoms. The minimum absolute atomic E-state index is 0.565. The highest BCUT2D eigenvalue weighted by Crippen LogP contribution is 2.30. The average molecular weight is 290 g/mol. The number of nitrogens with one attached hydrogen (secondary N) is 2. The lowest BCUT2D eigenvalue weighted by Gasteiger charge is -2.30. The molecule has 4 nitrogen and oxygen atoms in total. The molecule has 2 N–H and O–H groups in total. The zero-order chi connectivity index (χ0) is 15.2. The second-order valence-electron chi connectivity index (χ2n) is 6.30. The fourth-order valence-electron chi connectivity index (χ4n) is 3.17. The molecule has 1 fully saturated rings. The minimum atomic E-state index is 0.565. The van der Waals surface area contributed by atoms with Crippen LogP contribution in [0.2, 0.25) is 0 Å². The van der Waals surface area contributed by atoms with Gasteiger partial charge in [-0.05, 0) is 39.0 Å². The predicted molar refractivity (Wildman–Crippen MR) is 89.9 cm³/mol. The zero-order valence-electron chi connectivity index (χ0n) is 14.0. The van der Waals surface area contributed by atoms with Gasteiger partial charge in [-0.1, -0.05) is 33.1 Å². The van der Waals surface area contributed by atoms with Gasteiger partial charge in [0.05, 0.1) is 0 Å². The number of hydrogen-bond donors (Lipinski definition) is 2. The van der Waals surface area contributed by atoms with E-state index in [0.717, 1.165) is 41.9 Å². The van der Waals surface area contributed by atoms with E-state index in [1.165, 1.54) is 32.1 Å². The molecule has 1 aliphatic rings. The Morgan fingerprint density at radius 1 is 1.10 bits per heavy atom. The van der Waals surface area contributed by atoms with Crippen LogP contribution in [0, 0.1) is 19.8 Å². The van der Waals surface area contributed by atoms with Crippen molar-refractivity contribution in [2.45, 2.75) is 72.3 Å². The highest BCUT2D eigenvalue weighted by Gasteiger charge is 2.22. The number of nitrogens with zero attached hydrogens (tertiary/aromatic N) is 2. The second kappa shape index (κ2) is 7.62. The lowest BCUT2D eigenvalue weighted by molar-refractivity contribution is 0.327. The molecule has 1 aliphatic carbocycles. The van der Waals surface area contributed by atoms with Crippen LogP contribution in [0.5, 0.6) is 0 Å². The first-order valence-corrected chi connectivity index (χ1v) is 8.49. The quantitative estimate of drug-likeness (QED) is 0.820. The number of hydrogen-bond acceptors (Lipinski definition) is 4. The van der Waals surface area contributed by atoms with Gasteiger partial charge in [-0.15, -0.1) is 0 Å². The highest BCUT2D eigenvalue weighted by atomic mass is 15.1. The summed E-state index contributed by atoms with van der Waals surface area (Å²) in [4.78, 5) is 9.16. The van der Waals surface area contributed by atoms with Crippen LogP contribution in [0.1, 0.15) is 63.8 Å². The lowest BCUT2D eigenvalue weighted by Crippen LogP contribution is -2.28. The molecule has 2 unspecified atom stereocenters. The summed E-state index contributed by atoms with van der Waals surface area (Å²) in [6, 6.07) is 0.565. The second-order valence-corrected chi connectivity index (χ2v) is 6.30. The van der Waals surface area contributed by atoms with Crippen LogP contribution in [0.4, 0.5) is 11.6 Å². The maximum absolute atomic E-state index is 4.62. The van der Waals surface area contributed by atoms with Crippen molar-refractivity contribution in [3.63, 3.8) is 0 Å². The minimum Gasteiger partial charge on any atom is -0.370 e. The van der Waals surface area contributed by atoms with Crippen LogP contribution < -0.4 is 10.6 Å². The molecule has 2 atom stereocenters. The summed E-state index contributed by atoms with van der Waals surface area (Å²) in [5.41, 5.74) is 1.15. The topological polar surface area (TPSA) is 49.8 Å². The first-order chi connectivity index (χ1) is 10.1. The number of rotatable bonds is 6. The Morgan fingerprint density at radius 2 is 1.86 bits per heavy atom. The third-order valence-electron chi connectivity index (χ3n) is 4.50. The van der Waals surface area contributed by atoms with Gasteiger partial charge in [-0.25, -0.2) is 9.97 Å². The van der Waals surface area contributed by atoms with Gasteiger partial charge in [0.1, 0.15) is 17.5 Å². The maximum atomic E-state index is 4.62. The zero-order valence-corrected chi connectivity index (χ0v) is 14.0. The van der Waals surface area contributed by atoms with Gasteiger partial charge in [0.25, 0.3) is 0 Å². The largest absolute Gasteiger partial charge is 0.370 e. The normalized spacial score (nSPS) is 22.1. The Labute approximate surface area is 129 Å². The van der Waals surface area contributed by atoms with Gasteiger partial charge in [-0.2, -0.15) is 0 Å². The van der Waals surface area contributed by atoms with E-state index in [2.05, 4.69) is 41.4 Å². The Balaban J connectivity index is 2.09. The van der Waals surface area contributed by atoms with Gasteiger partial charge >= 0.3 is 0 Å². The smallest absolute Gasteiger partial charge is 0.134 e. The fraction of sp³-hybridized carbons (Fsp3) is 0.765. The van der Waals surface area contributed by atoms with Gasteiger partial charge in [0.2, 0.25) is 0 Å². The Hall–Kier alpha value is -1.32. The summed E-state index contributed by atoms with van der Waals surface area (Å²) in [5.74, 6) is 3.71. The van der Waals surface area contributed by atoms with Crippen molar-refractivity contribution in [3.05, 3.63) is 11.4 Å². The molecule has 1 aromatic rings. The van der Waals surface area contributed by atoms with Crippen molar-refractivity contribution in [1.82, 2.24) is 9.97 Å². The summed E-state index contributed by atoms with van der Waals surface area (Å²) < 4.78 is 0. The monoisotopic (exact) mass is 290 g/mol. The first kappa shape index (κ1) is 16.1. The third kappa shape index (κ3) is 4.32. The van der Waals surface area contributed by atoms with Crippen molar-refractivity contribution in [2.75, 3.05) is 17.2 Å². The Kier molecular flexibility index (Phi) is 5.83. The number of anilines is 2. The van der Waals surface area contributed by atoms with Crippen molar-refractivity contribution in [1.29, 1.82) is 0 Å². The van der Waals surface area contributed by atoms with E-state index in [0.29, 0.717) is 6.04 Å². The van der Waals surface area contributed by atoms with Crippen LogP contribution in [0.3, 0.4) is 0 Å². The molecule has 0 bridgehead atoms. The van der Waals surface area contributed by atoms with Crippen molar-refractivity contribution < 1.29 is 0 Å². The van der Waals surface area contributed by atoms with Gasteiger partial charge in [0, 0.05) is 18.2 Å². The Morgan fingerprint density at radius 3 is 2.57 bits per heavy atom. The standard InChI is InChI=1S/C17H30N4/c1-5-10-18-16-12(3)17(20-13(4)19-16)21-15-9-7-8-14(6-2)11-15/h14-15H,5-11H2,1-4H3,(H2,18,19,20,21). The summed E-state index contributed by atoms with van der Waals surface area (Å²) in [6.07, 6.45) is 7.66. The van der Waals surface area contributed by atoms with E-state index in [9.17, 15) is 0 Å². The number of aromatic nitrogens is 2. The molecule has 118 valence electrons. The summed E-state index contributed by atoms with van der Waals surface area (Å²) >= 11 is 0. The molecular weight excluding hydrogens is 260 g/mol. The molecule has 0 radical (unpaired) electrons. The van der Waals surface area contributed by atoms with Crippen molar-refractivity contribution >= 4 is 11.6 Å². The first-order valence-electron chi connectivity index (χ1n) is 8.49. The third-order valence-corrected chi connectivity index (χ3v) is 4.50. The molecule has 0 aliphatic heterocycles. The molecule has 0 saturated heterocycles. The summed E-state index contributed by atoms with van der Waals surface area (Å²) in [5, 5.41) is 7.09. The van der Waals surface area contributed by atoms with E-state index >= 15 is 0 Å². The Bertz CT molecular complexity index is 458.